The second-order valence-corrected chi connectivity index (χ2v) is 7.15. The second kappa shape index (κ2) is 7.12. The standard InChI is InChI=1S/C21H23N5S/c1-4-25-20(19(24-21(25)27)17-9-5-7-11-22-17)16-13-14(2)26(15(16)3)18-10-6-8-12-23-18/h5-13,19-20H,4H2,1-3H3,(H,24,27)/t19-,20+/m0/s1. The number of nitrogens with one attached hydrogen (secondary N) is 1. The Morgan fingerprint density at radius 2 is 1.81 bits per heavy atom. The largest absolute Gasteiger partial charge is 0.352 e. The average molecular weight is 378 g/mol. The number of thiocarbonyl (C=S) groups is 1. The van der Waals surface area contributed by atoms with Gasteiger partial charge in [-0.25, -0.2) is 4.98 Å². The Bertz CT molecular complexity index is 951. The minimum atomic E-state index is 0.0244. The van der Waals surface area contributed by atoms with Crippen molar-refractivity contribution in [2.75, 3.05) is 6.54 Å². The lowest BCUT2D eigenvalue weighted by Crippen LogP contribution is -2.29. The van der Waals surface area contributed by atoms with Crippen LogP contribution >= 0.6 is 12.2 Å². The number of hydrogen-bond acceptors (Lipinski definition) is 3. The van der Waals surface area contributed by atoms with Crippen LogP contribution in [0.15, 0.2) is 54.9 Å². The van der Waals surface area contributed by atoms with Crippen LogP contribution in [0.2, 0.25) is 0 Å². The first kappa shape index (κ1) is 17.7. The van der Waals surface area contributed by atoms with E-state index in [1.165, 1.54) is 11.3 Å². The van der Waals surface area contributed by atoms with Crippen LogP contribution in [0.3, 0.4) is 0 Å². The molecule has 0 bridgehead atoms. The van der Waals surface area contributed by atoms with Gasteiger partial charge in [-0.05, 0) is 68.9 Å². The van der Waals surface area contributed by atoms with Gasteiger partial charge < -0.3 is 14.8 Å². The molecule has 4 heterocycles. The molecule has 0 radical (unpaired) electrons. The van der Waals surface area contributed by atoms with Crippen LogP contribution in [0.4, 0.5) is 0 Å². The molecule has 0 amide bonds. The first-order chi connectivity index (χ1) is 13.1. The van der Waals surface area contributed by atoms with Gasteiger partial charge in [-0.1, -0.05) is 12.1 Å². The minimum Gasteiger partial charge on any atom is -0.352 e. The van der Waals surface area contributed by atoms with Crippen molar-refractivity contribution >= 4 is 17.3 Å². The number of pyridine rings is 2. The fraction of sp³-hybridized carbons (Fsp3) is 0.286. The third-order valence-corrected chi connectivity index (χ3v) is 5.56. The number of likely N-dealkylation sites (N-methyl/N-ethyl adjacent to an activating group) is 1. The monoisotopic (exact) mass is 377 g/mol. The van der Waals surface area contributed by atoms with Crippen molar-refractivity contribution in [3.8, 4) is 5.82 Å². The Labute approximate surface area is 165 Å². The quantitative estimate of drug-likeness (QED) is 0.699. The Hall–Kier alpha value is -2.73. The van der Waals surface area contributed by atoms with E-state index < -0.39 is 0 Å². The van der Waals surface area contributed by atoms with Crippen molar-refractivity contribution in [3.05, 3.63) is 77.5 Å². The summed E-state index contributed by atoms with van der Waals surface area (Å²) in [6.07, 6.45) is 3.66. The van der Waals surface area contributed by atoms with Gasteiger partial charge >= 0.3 is 0 Å². The summed E-state index contributed by atoms with van der Waals surface area (Å²) in [6.45, 7) is 7.26. The van der Waals surface area contributed by atoms with E-state index in [2.05, 4.69) is 57.7 Å². The van der Waals surface area contributed by atoms with E-state index in [4.69, 9.17) is 12.2 Å². The zero-order valence-electron chi connectivity index (χ0n) is 15.8. The predicted molar refractivity (Wildman–Crippen MR) is 111 cm³/mol. The summed E-state index contributed by atoms with van der Waals surface area (Å²) in [7, 11) is 0. The van der Waals surface area contributed by atoms with Crippen LogP contribution in [0.1, 0.15) is 41.7 Å². The summed E-state index contributed by atoms with van der Waals surface area (Å²) in [6, 6.07) is 14.4. The molecule has 6 heteroatoms. The summed E-state index contributed by atoms with van der Waals surface area (Å²) in [4.78, 5) is 11.4. The molecule has 5 nitrogen and oxygen atoms in total. The van der Waals surface area contributed by atoms with Crippen LogP contribution < -0.4 is 5.32 Å². The van der Waals surface area contributed by atoms with E-state index in [0.29, 0.717) is 0 Å². The van der Waals surface area contributed by atoms with Gasteiger partial charge in [0.05, 0.1) is 17.8 Å². The first-order valence-electron chi connectivity index (χ1n) is 9.20. The second-order valence-electron chi connectivity index (χ2n) is 6.76. The maximum absolute atomic E-state index is 5.64. The fourth-order valence-corrected chi connectivity index (χ4v) is 4.38. The van der Waals surface area contributed by atoms with Crippen molar-refractivity contribution < 1.29 is 0 Å². The molecule has 27 heavy (non-hydrogen) atoms. The molecule has 0 spiro atoms. The van der Waals surface area contributed by atoms with Crippen LogP contribution in [0.25, 0.3) is 5.82 Å². The maximum Gasteiger partial charge on any atom is 0.170 e. The van der Waals surface area contributed by atoms with Crippen LogP contribution in [-0.2, 0) is 0 Å². The van der Waals surface area contributed by atoms with E-state index in [9.17, 15) is 0 Å². The van der Waals surface area contributed by atoms with Crippen LogP contribution in [0.5, 0.6) is 0 Å². The molecule has 3 aromatic rings. The Morgan fingerprint density at radius 1 is 1.07 bits per heavy atom. The third kappa shape index (κ3) is 3.00. The van der Waals surface area contributed by atoms with E-state index >= 15 is 0 Å². The molecule has 0 aliphatic carbocycles. The summed E-state index contributed by atoms with van der Waals surface area (Å²) in [5.74, 6) is 0.935. The molecule has 1 aliphatic rings. The lowest BCUT2D eigenvalue weighted by molar-refractivity contribution is 0.329. The van der Waals surface area contributed by atoms with E-state index in [1.807, 2.05) is 42.7 Å². The highest BCUT2D eigenvalue weighted by Gasteiger charge is 2.40. The third-order valence-electron chi connectivity index (χ3n) is 5.21. The van der Waals surface area contributed by atoms with Crippen LogP contribution in [-0.4, -0.2) is 31.1 Å². The Balaban J connectivity index is 1.84. The van der Waals surface area contributed by atoms with Gasteiger partial charge in [0, 0.05) is 30.3 Å². The average Bonchev–Trinajstić information content (AvgIpc) is 3.18. The molecule has 1 aliphatic heterocycles. The molecule has 2 atom stereocenters. The maximum atomic E-state index is 5.64. The molecule has 1 saturated heterocycles. The van der Waals surface area contributed by atoms with Crippen LogP contribution in [0, 0.1) is 13.8 Å². The number of rotatable bonds is 4. The summed E-state index contributed by atoms with van der Waals surface area (Å²) in [5.41, 5.74) is 4.60. The molecular weight excluding hydrogens is 354 g/mol. The highest BCUT2D eigenvalue weighted by Crippen LogP contribution is 2.40. The molecule has 0 saturated carbocycles. The van der Waals surface area contributed by atoms with Crippen molar-refractivity contribution in [1.82, 2.24) is 24.8 Å². The highest BCUT2D eigenvalue weighted by atomic mass is 32.1. The molecule has 0 aromatic carbocycles. The molecule has 1 N–H and O–H groups in total. The molecule has 138 valence electrons. The fourth-order valence-electron chi connectivity index (χ4n) is 4.01. The number of aryl methyl sites for hydroxylation is 1. The number of hydrogen-bond donors (Lipinski definition) is 1. The summed E-state index contributed by atoms with van der Waals surface area (Å²) >= 11 is 5.64. The normalized spacial score (nSPS) is 19.4. The first-order valence-corrected chi connectivity index (χ1v) is 9.61. The van der Waals surface area contributed by atoms with E-state index in [1.54, 1.807) is 0 Å². The SMILES string of the molecule is CCN1C(=S)N[C@@H](c2ccccn2)[C@H]1c1cc(C)n(-c2ccccn2)c1C. The minimum absolute atomic E-state index is 0.0244. The van der Waals surface area contributed by atoms with E-state index in [-0.39, 0.29) is 12.1 Å². The summed E-state index contributed by atoms with van der Waals surface area (Å²) < 4.78 is 2.21. The zero-order valence-corrected chi connectivity index (χ0v) is 16.6. The molecule has 0 unspecified atom stereocenters. The van der Waals surface area contributed by atoms with Gasteiger partial charge in [-0.15, -0.1) is 0 Å². The molecule has 4 rings (SSSR count). The van der Waals surface area contributed by atoms with Gasteiger partial charge in [0.15, 0.2) is 5.11 Å². The number of aromatic nitrogens is 3. The Morgan fingerprint density at radius 3 is 2.44 bits per heavy atom. The van der Waals surface area contributed by atoms with Gasteiger partial charge in [0.1, 0.15) is 5.82 Å². The molecule has 1 fully saturated rings. The number of nitrogens with zero attached hydrogens (tertiary/aromatic N) is 4. The molecule has 3 aromatic heterocycles. The van der Waals surface area contributed by atoms with Gasteiger partial charge in [-0.2, -0.15) is 0 Å². The predicted octanol–water partition coefficient (Wildman–Crippen LogP) is 3.88. The van der Waals surface area contributed by atoms with Crippen molar-refractivity contribution in [1.29, 1.82) is 0 Å². The smallest absolute Gasteiger partial charge is 0.170 e. The lowest BCUT2D eigenvalue weighted by atomic mass is 9.97. The lowest BCUT2D eigenvalue weighted by Gasteiger charge is -2.27. The Kier molecular flexibility index (Phi) is 4.66. The van der Waals surface area contributed by atoms with Gasteiger partial charge in [-0.3, -0.25) is 4.98 Å². The van der Waals surface area contributed by atoms with Crippen molar-refractivity contribution in [2.45, 2.75) is 32.9 Å². The van der Waals surface area contributed by atoms with E-state index in [0.717, 1.165) is 28.9 Å². The topological polar surface area (TPSA) is 46.0 Å². The van der Waals surface area contributed by atoms with Gasteiger partial charge in [0.2, 0.25) is 0 Å². The van der Waals surface area contributed by atoms with Crippen molar-refractivity contribution in [2.24, 2.45) is 0 Å². The summed E-state index contributed by atoms with van der Waals surface area (Å²) in [5, 5.41) is 4.26. The van der Waals surface area contributed by atoms with Crippen molar-refractivity contribution in [3.63, 3.8) is 0 Å². The zero-order chi connectivity index (χ0) is 19.0. The van der Waals surface area contributed by atoms with Gasteiger partial charge in [0.25, 0.3) is 0 Å². The highest BCUT2D eigenvalue weighted by molar-refractivity contribution is 7.80. The molecular formula is C21H23N5S.